The fraction of sp³-hybridized carbons (Fsp3) is 0.0769. The Morgan fingerprint density at radius 2 is 2.00 bits per heavy atom. The van der Waals surface area contributed by atoms with Gasteiger partial charge in [-0.25, -0.2) is 4.79 Å². The molecule has 2 rings (SSSR count). The van der Waals surface area contributed by atoms with E-state index in [1.165, 1.54) is 13.2 Å². The second kappa shape index (κ2) is 6.29. The van der Waals surface area contributed by atoms with Crippen molar-refractivity contribution < 1.29 is 14.3 Å². The van der Waals surface area contributed by atoms with Gasteiger partial charge in [-0.15, -0.1) is 0 Å². The summed E-state index contributed by atoms with van der Waals surface area (Å²) in [4.78, 5) is 25.4. The van der Waals surface area contributed by atoms with Gasteiger partial charge in [0.05, 0.1) is 22.8 Å². The summed E-state index contributed by atoms with van der Waals surface area (Å²) in [6, 6.07) is 3.98. The fourth-order valence-corrected chi connectivity index (χ4v) is 2.96. The van der Waals surface area contributed by atoms with Gasteiger partial charge >= 0.3 is 6.03 Å². The van der Waals surface area contributed by atoms with Crippen LogP contribution in [0.3, 0.4) is 0 Å². The molecule has 1 aromatic carbocycles. The van der Waals surface area contributed by atoms with Gasteiger partial charge in [0.1, 0.15) is 11.6 Å². The van der Waals surface area contributed by atoms with E-state index in [0.29, 0.717) is 26.5 Å². The summed E-state index contributed by atoms with van der Waals surface area (Å²) >= 11 is 9.39. The number of benzene rings is 1. The average Bonchev–Trinajstić information content (AvgIpc) is 2.81. The van der Waals surface area contributed by atoms with Crippen LogP contribution in [0.15, 0.2) is 22.7 Å². The van der Waals surface area contributed by atoms with Crippen LogP contribution in [0, 0.1) is 0 Å². The Morgan fingerprint density at radius 1 is 1.32 bits per heavy atom. The largest absolute Gasteiger partial charge is 0.495 e. The van der Waals surface area contributed by atoms with Gasteiger partial charge in [-0.1, -0.05) is 11.6 Å². The van der Waals surface area contributed by atoms with Crippen LogP contribution in [0.5, 0.6) is 5.75 Å². The van der Waals surface area contributed by atoms with Crippen molar-refractivity contribution in [2.75, 3.05) is 12.4 Å². The predicted molar refractivity (Wildman–Crippen MR) is 87.2 cm³/mol. The van der Waals surface area contributed by atoms with Gasteiger partial charge in [-0.3, -0.25) is 10.1 Å². The molecule has 0 atom stereocenters. The Kier molecular flexibility index (Phi) is 4.62. The van der Waals surface area contributed by atoms with E-state index >= 15 is 0 Å². The van der Waals surface area contributed by atoms with E-state index < -0.39 is 11.9 Å². The number of ether oxygens (including phenoxy) is 1. The molecular formula is C13H12BrClN4O3. The average molecular weight is 388 g/mol. The van der Waals surface area contributed by atoms with E-state index in [1.54, 1.807) is 12.1 Å². The van der Waals surface area contributed by atoms with Crippen molar-refractivity contribution in [2.45, 2.75) is 0 Å². The molecule has 0 aliphatic rings. The molecule has 0 aliphatic heterocycles. The number of amides is 3. The third kappa shape index (κ3) is 3.18. The number of aromatic nitrogens is 1. The maximum atomic E-state index is 11.5. The molecule has 0 bridgehead atoms. The van der Waals surface area contributed by atoms with Crippen molar-refractivity contribution in [3.63, 3.8) is 0 Å². The van der Waals surface area contributed by atoms with Crippen LogP contribution >= 0.6 is 27.5 Å². The molecule has 0 radical (unpaired) electrons. The molecule has 0 spiro atoms. The maximum Gasteiger partial charge on any atom is 0.317 e. The van der Waals surface area contributed by atoms with Gasteiger partial charge in [0.2, 0.25) is 0 Å². The number of rotatable bonds is 4. The first kappa shape index (κ1) is 16.2. The molecule has 9 heteroatoms. The van der Waals surface area contributed by atoms with Gasteiger partial charge in [0, 0.05) is 10.6 Å². The smallest absolute Gasteiger partial charge is 0.317 e. The zero-order valence-electron chi connectivity index (χ0n) is 11.4. The van der Waals surface area contributed by atoms with Crippen LogP contribution in [0.1, 0.15) is 10.4 Å². The van der Waals surface area contributed by atoms with Crippen LogP contribution < -0.4 is 21.5 Å². The number of urea groups is 1. The quantitative estimate of drug-likeness (QED) is 0.645. The van der Waals surface area contributed by atoms with Crippen molar-refractivity contribution >= 4 is 45.3 Å². The third-order valence-electron chi connectivity index (χ3n) is 2.83. The standard InChI is InChI=1S/C13H12BrClN4O3/c1-22-10-6(2-5(15)3-8(10)14)9-4-7(11(16)20)12(18-9)19-13(17)21/h2-4,18H,1H3,(H2,16,20)(H3,17,19,21). The van der Waals surface area contributed by atoms with Gasteiger partial charge in [-0.05, 0) is 34.1 Å². The van der Waals surface area contributed by atoms with E-state index in [-0.39, 0.29) is 11.4 Å². The minimum absolute atomic E-state index is 0.0898. The van der Waals surface area contributed by atoms with Crippen LogP contribution in [-0.4, -0.2) is 24.0 Å². The molecule has 0 fully saturated rings. The number of nitrogens with two attached hydrogens (primary N) is 2. The zero-order valence-corrected chi connectivity index (χ0v) is 13.7. The fourth-order valence-electron chi connectivity index (χ4n) is 1.98. The monoisotopic (exact) mass is 386 g/mol. The number of nitrogens with one attached hydrogen (secondary N) is 2. The van der Waals surface area contributed by atoms with E-state index in [0.717, 1.165) is 0 Å². The molecule has 1 heterocycles. The number of methoxy groups -OCH3 is 1. The highest BCUT2D eigenvalue weighted by atomic mass is 79.9. The number of halogens is 2. The Labute approximate surface area is 139 Å². The minimum Gasteiger partial charge on any atom is -0.495 e. The normalized spacial score (nSPS) is 10.3. The Morgan fingerprint density at radius 3 is 2.55 bits per heavy atom. The number of primary amides is 2. The summed E-state index contributed by atoms with van der Waals surface area (Å²) < 4.78 is 5.96. The second-order valence-corrected chi connectivity index (χ2v) is 5.58. The summed E-state index contributed by atoms with van der Waals surface area (Å²) in [5.74, 6) is -0.105. The molecule has 0 aliphatic carbocycles. The summed E-state index contributed by atoms with van der Waals surface area (Å²) in [5, 5.41) is 2.77. The van der Waals surface area contributed by atoms with E-state index in [9.17, 15) is 9.59 Å². The van der Waals surface area contributed by atoms with Gasteiger partial charge < -0.3 is 21.2 Å². The topological polar surface area (TPSA) is 123 Å². The summed E-state index contributed by atoms with van der Waals surface area (Å²) in [6.45, 7) is 0. The van der Waals surface area contributed by atoms with Crippen molar-refractivity contribution in [3.8, 4) is 17.0 Å². The highest BCUT2D eigenvalue weighted by molar-refractivity contribution is 9.10. The summed E-state index contributed by atoms with van der Waals surface area (Å²) in [5.41, 5.74) is 11.5. The minimum atomic E-state index is -0.824. The molecule has 2 aromatic rings. The van der Waals surface area contributed by atoms with Crippen LogP contribution in [-0.2, 0) is 0 Å². The molecule has 0 saturated heterocycles. The lowest BCUT2D eigenvalue weighted by molar-refractivity contribution is 0.100. The van der Waals surface area contributed by atoms with Crippen LogP contribution in [0.4, 0.5) is 10.6 Å². The van der Waals surface area contributed by atoms with Gasteiger partial charge in [-0.2, -0.15) is 0 Å². The van der Waals surface area contributed by atoms with Crippen molar-refractivity contribution in [1.82, 2.24) is 4.98 Å². The molecule has 1 aromatic heterocycles. The molecule has 3 amide bonds. The highest BCUT2D eigenvalue weighted by Gasteiger charge is 2.19. The number of hydrogen-bond acceptors (Lipinski definition) is 3. The van der Waals surface area contributed by atoms with Crippen molar-refractivity contribution in [1.29, 1.82) is 0 Å². The van der Waals surface area contributed by atoms with Crippen LogP contribution in [0.25, 0.3) is 11.3 Å². The number of hydrogen-bond donors (Lipinski definition) is 4. The SMILES string of the molecule is COc1c(Br)cc(Cl)cc1-c1cc(C(N)=O)c(NC(N)=O)[nH]1. The number of aromatic amines is 1. The first-order valence-electron chi connectivity index (χ1n) is 5.96. The Balaban J connectivity index is 2.63. The van der Waals surface area contributed by atoms with E-state index in [2.05, 4.69) is 26.2 Å². The predicted octanol–water partition coefficient (Wildman–Crippen LogP) is 2.70. The maximum absolute atomic E-state index is 11.5. The first-order chi connectivity index (χ1) is 10.3. The summed E-state index contributed by atoms with van der Waals surface area (Å²) in [6.07, 6.45) is 0. The van der Waals surface area contributed by atoms with Gasteiger partial charge in [0.25, 0.3) is 5.91 Å². The molecule has 0 saturated carbocycles. The lowest BCUT2D eigenvalue weighted by Crippen LogP contribution is -2.22. The lowest BCUT2D eigenvalue weighted by atomic mass is 10.1. The lowest BCUT2D eigenvalue weighted by Gasteiger charge is -2.10. The number of carbonyl (C=O) groups is 2. The molecular weight excluding hydrogens is 376 g/mol. The zero-order chi connectivity index (χ0) is 16.4. The number of H-pyrrole nitrogens is 1. The second-order valence-electron chi connectivity index (χ2n) is 4.29. The van der Waals surface area contributed by atoms with E-state index in [4.69, 9.17) is 27.8 Å². The highest BCUT2D eigenvalue weighted by Crippen LogP contribution is 2.39. The van der Waals surface area contributed by atoms with E-state index in [1.807, 2.05) is 0 Å². The van der Waals surface area contributed by atoms with Crippen molar-refractivity contribution in [3.05, 3.63) is 33.3 Å². The molecule has 116 valence electrons. The molecule has 0 unspecified atom stereocenters. The molecule has 22 heavy (non-hydrogen) atoms. The van der Waals surface area contributed by atoms with Crippen LogP contribution in [0.2, 0.25) is 5.02 Å². The molecule has 7 nitrogen and oxygen atoms in total. The molecule has 6 N–H and O–H groups in total. The van der Waals surface area contributed by atoms with Crippen molar-refractivity contribution in [2.24, 2.45) is 11.5 Å². The Bertz CT molecular complexity index is 760. The number of carbonyl (C=O) groups excluding carboxylic acids is 2. The van der Waals surface area contributed by atoms with Gasteiger partial charge in [0.15, 0.2) is 0 Å². The third-order valence-corrected chi connectivity index (χ3v) is 3.64. The number of anilines is 1. The Hall–Kier alpha value is -2.19. The first-order valence-corrected chi connectivity index (χ1v) is 7.13. The summed E-state index contributed by atoms with van der Waals surface area (Å²) in [7, 11) is 1.50.